The Morgan fingerprint density at radius 2 is 2.03 bits per heavy atom. The zero-order valence-electron chi connectivity index (χ0n) is 21.6. The number of imidazole rings is 1. The summed E-state index contributed by atoms with van der Waals surface area (Å²) in [6, 6.07) is 3.32. The number of amides is 2. The van der Waals surface area contributed by atoms with Gasteiger partial charge < -0.3 is 19.8 Å². The summed E-state index contributed by atoms with van der Waals surface area (Å²) in [6.07, 6.45) is 15.1. The van der Waals surface area contributed by atoms with Crippen LogP contribution in [0.2, 0.25) is 0 Å². The first kappa shape index (κ1) is 26.2. The van der Waals surface area contributed by atoms with Crippen molar-refractivity contribution in [3.8, 4) is 0 Å². The van der Waals surface area contributed by atoms with Crippen molar-refractivity contribution < 1.29 is 9.59 Å². The Kier molecular flexibility index (Phi) is 8.81. The number of pyridine rings is 1. The van der Waals surface area contributed by atoms with Crippen LogP contribution in [0.25, 0.3) is 11.2 Å². The molecule has 0 saturated heterocycles. The second kappa shape index (κ2) is 12.4. The van der Waals surface area contributed by atoms with Crippen LogP contribution in [0, 0.1) is 5.92 Å². The minimum atomic E-state index is -0.304. The van der Waals surface area contributed by atoms with E-state index in [4.69, 9.17) is 0 Å². The van der Waals surface area contributed by atoms with Gasteiger partial charge in [-0.3, -0.25) is 14.4 Å². The maximum absolute atomic E-state index is 13.0. The molecule has 0 aliphatic heterocycles. The highest BCUT2D eigenvalue weighted by Gasteiger charge is 2.18. The SMILES string of the molecule is CN(C)C(=O)/C=C/CCCC(=O)Nc1cccn(Cc2nc3ncnc(CC4CCCCC4)c3[nH]2)c1=O. The van der Waals surface area contributed by atoms with Crippen LogP contribution in [0.1, 0.15) is 62.9 Å². The first-order chi connectivity index (χ1) is 17.9. The van der Waals surface area contributed by atoms with E-state index in [9.17, 15) is 14.4 Å². The maximum atomic E-state index is 13.0. The van der Waals surface area contributed by atoms with E-state index in [0.717, 1.165) is 17.6 Å². The third-order valence-electron chi connectivity index (χ3n) is 6.71. The Bertz CT molecular complexity index is 1320. The van der Waals surface area contributed by atoms with Crippen LogP contribution in [0.15, 0.2) is 41.6 Å². The van der Waals surface area contributed by atoms with E-state index in [1.54, 1.807) is 44.8 Å². The summed E-state index contributed by atoms with van der Waals surface area (Å²) in [5.41, 5.74) is 2.34. The van der Waals surface area contributed by atoms with Gasteiger partial charge in [0, 0.05) is 26.7 Å². The number of carbonyl (C=O) groups is 2. The number of hydrogen-bond donors (Lipinski definition) is 2. The highest BCUT2D eigenvalue weighted by Crippen LogP contribution is 2.27. The van der Waals surface area contributed by atoms with Crippen molar-refractivity contribution in [1.29, 1.82) is 0 Å². The van der Waals surface area contributed by atoms with Crippen molar-refractivity contribution in [2.45, 2.75) is 64.3 Å². The second-order valence-corrected chi connectivity index (χ2v) is 9.84. The molecule has 196 valence electrons. The number of unbranched alkanes of at least 4 members (excludes halogenated alkanes) is 1. The fourth-order valence-corrected chi connectivity index (χ4v) is 4.66. The van der Waals surface area contributed by atoms with Crippen molar-refractivity contribution in [1.82, 2.24) is 29.4 Å². The number of aromatic nitrogens is 5. The average Bonchev–Trinajstić information content (AvgIpc) is 3.30. The summed E-state index contributed by atoms with van der Waals surface area (Å²) in [5, 5.41) is 2.71. The summed E-state index contributed by atoms with van der Waals surface area (Å²) >= 11 is 0. The molecular weight excluding hydrogens is 470 g/mol. The van der Waals surface area contributed by atoms with Gasteiger partial charge in [-0.2, -0.15) is 0 Å². The van der Waals surface area contributed by atoms with Gasteiger partial charge in [0.25, 0.3) is 5.56 Å². The number of nitrogens with zero attached hydrogens (tertiary/aromatic N) is 5. The van der Waals surface area contributed by atoms with E-state index in [2.05, 4.69) is 25.3 Å². The number of rotatable bonds is 10. The molecule has 37 heavy (non-hydrogen) atoms. The number of fused-ring (bicyclic) bond motifs is 1. The Balaban J connectivity index is 1.38. The number of hydrogen-bond acceptors (Lipinski definition) is 6. The monoisotopic (exact) mass is 505 g/mol. The normalized spacial score (nSPS) is 14.3. The number of anilines is 1. The molecule has 4 rings (SSSR count). The molecule has 0 spiro atoms. The fraction of sp³-hybridized carbons (Fsp3) is 0.481. The Morgan fingerprint density at radius 3 is 2.81 bits per heavy atom. The lowest BCUT2D eigenvalue weighted by atomic mass is 9.86. The van der Waals surface area contributed by atoms with Gasteiger partial charge in [-0.1, -0.05) is 38.2 Å². The Labute approximate surface area is 216 Å². The fourth-order valence-electron chi connectivity index (χ4n) is 4.66. The van der Waals surface area contributed by atoms with Gasteiger partial charge in [-0.15, -0.1) is 0 Å². The summed E-state index contributed by atoms with van der Waals surface area (Å²) < 4.78 is 1.51. The van der Waals surface area contributed by atoms with Crippen LogP contribution in [-0.2, 0) is 22.6 Å². The first-order valence-electron chi connectivity index (χ1n) is 13.0. The van der Waals surface area contributed by atoms with E-state index < -0.39 is 0 Å². The molecule has 2 N–H and O–H groups in total. The summed E-state index contributed by atoms with van der Waals surface area (Å²) in [4.78, 5) is 55.1. The average molecular weight is 506 g/mol. The maximum Gasteiger partial charge on any atom is 0.274 e. The third kappa shape index (κ3) is 7.12. The number of carbonyl (C=O) groups excluding carboxylic acids is 2. The molecule has 0 atom stereocenters. The molecule has 1 aliphatic carbocycles. The van der Waals surface area contributed by atoms with Crippen molar-refractivity contribution >= 4 is 28.7 Å². The van der Waals surface area contributed by atoms with Gasteiger partial charge >= 0.3 is 0 Å². The van der Waals surface area contributed by atoms with Crippen molar-refractivity contribution in [2.24, 2.45) is 5.92 Å². The number of H-pyrrole nitrogens is 1. The minimum absolute atomic E-state index is 0.0915. The topological polar surface area (TPSA) is 126 Å². The van der Waals surface area contributed by atoms with Gasteiger partial charge in [0.15, 0.2) is 5.65 Å². The predicted octanol–water partition coefficient (Wildman–Crippen LogP) is 3.44. The largest absolute Gasteiger partial charge is 0.345 e. The standard InChI is InChI=1S/C27H35N7O3/c1-33(2)24(36)14-8-4-7-13-23(35)30-20-12-9-15-34(27(20)37)17-22-31-25-21(28-18-29-26(25)32-22)16-19-10-5-3-6-11-19/h8-9,12,14-15,18-19H,3-7,10-11,13,16-17H2,1-2H3,(H,30,35)(H,28,29,31,32)/b14-8+. The Hall–Kier alpha value is -3.82. The second-order valence-electron chi connectivity index (χ2n) is 9.84. The highest BCUT2D eigenvalue weighted by atomic mass is 16.2. The number of allylic oxidation sites excluding steroid dienone is 1. The van der Waals surface area contributed by atoms with Crippen LogP contribution in [-0.4, -0.2) is 55.3 Å². The lowest BCUT2D eigenvalue weighted by molar-refractivity contribution is -0.123. The lowest BCUT2D eigenvalue weighted by Crippen LogP contribution is -2.26. The van der Waals surface area contributed by atoms with Gasteiger partial charge in [0.05, 0.1) is 12.2 Å². The van der Waals surface area contributed by atoms with Crippen LogP contribution in [0.5, 0.6) is 0 Å². The van der Waals surface area contributed by atoms with Crippen LogP contribution < -0.4 is 10.9 Å². The molecule has 0 unspecified atom stereocenters. The smallest absolute Gasteiger partial charge is 0.274 e. The van der Waals surface area contributed by atoms with Crippen molar-refractivity contribution in [2.75, 3.05) is 19.4 Å². The quantitative estimate of drug-likeness (QED) is 0.321. The summed E-state index contributed by atoms with van der Waals surface area (Å²) in [6.45, 7) is 0.229. The lowest BCUT2D eigenvalue weighted by Gasteiger charge is -2.20. The molecule has 0 bridgehead atoms. The molecule has 1 saturated carbocycles. The molecule has 2 amide bonds. The molecule has 3 aromatic rings. The minimum Gasteiger partial charge on any atom is -0.345 e. The predicted molar refractivity (Wildman–Crippen MR) is 142 cm³/mol. The molecule has 0 radical (unpaired) electrons. The molecule has 3 aromatic heterocycles. The van der Waals surface area contributed by atoms with E-state index >= 15 is 0 Å². The van der Waals surface area contributed by atoms with Crippen molar-refractivity contribution in [3.63, 3.8) is 0 Å². The molecule has 10 nitrogen and oxygen atoms in total. The van der Waals surface area contributed by atoms with Crippen LogP contribution in [0.4, 0.5) is 5.69 Å². The van der Waals surface area contributed by atoms with Crippen LogP contribution in [0.3, 0.4) is 0 Å². The molecule has 1 fully saturated rings. The van der Waals surface area contributed by atoms with E-state index in [-0.39, 0.29) is 36.0 Å². The van der Waals surface area contributed by atoms with Gasteiger partial charge in [0.1, 0.15) is 23.4 Å². The first-order valence-corrected chi connectivity index (χ1v) is 13.0. The zero-order valence-corrected chi connectivity index (χ0v) is 21.6. The highest BCUT2D eigenvalue weighted by molar-refractivity contribution is 5.90. The Morgan fingerprint density at radius 1 is 1.22 bits per heavy atom. The third-order valence-corrected chi connectivity index (χ3v) is 6.71. The summed E-state index contributed by atoms with van der Waals surface area (Å²) in [7, 11) is 3.37. The number of nitrogens with one attached hydrogen (secondary N) is 2. The number of aromatic amines is 1. The van der Waals surface area contributed by atoms with Gasteiger partial charge in [-0.05, 0) is 43.4 Å². The van der Waals surface area contributed by atoms with Crippen molar-refractivity contribution in [3.05, 3.63) is 58.7 Å². The summed E-state index contributed by atoms with van der Waals surface area (Å²) in [5.74, 6) is 0.919. The van der Waals surface area contributed by atoms with Gasteiger partial charge in [-0.25, -0.2) is 15.0 Å². The van der Waals surface area contributed by atoms with Gasteiger partial charge in [0.2, 0.25) is 11.8 Å². The molecule has 1 aliphatic rings. The molecule has 10 heteroatoms. The molecule has 3 heterocycles. The van der Waals surface area contributed by atoms with E-state index in [1.165, 1.54) is 47.6 Å². The van der Waals surface area contributed by atoms with E-state index in [1.807, 2.05) is 0 Å². The molecule has 0 aromatic carbocycles. The number of likely N-dealkylation sites (N-methyl/N-ethyl adjacent to an activating group) is 1. The molecular formula is C27H35N7O3. The van der Waals surface area contributed by atoms with E-state index in [0.29, 0.717) is 30.2 Å². The zero-order chi connectivity index (χ0) is 26.2. The van der Waals surface area contributed by atoms with Crippen LogP contribution >= 0.6 is 0 Å².